The van der Waals surface area contributed by atoms with E-state index in [1.165, 1.54) is 5.56 Å². The van der Waals surface area contributed by atoms with Crippen molar-refractivity contribution in [3.63, 3.8) is 0 Å². The predicted molar refractivity (Wildman–Crippen MR) is 92.2 cm³/mol. The summed E-state index contributed by atoms with van der Waals surface area (Å²) in [5.74, 6) is 1.03. The number of aromatic nitrogens is 2. The molecule has 1 aromatic heterocycles. The Morgan fingerprint density at radius 3 is 2.92 bits per heavy atom. The first kappa shape index (κ1) is 16.8. The Bertz CT molecular complexity index is 757. The van der Waals surface area contributed by atoms with E-state index in [0.717, 1.165) is 18.5 Å². The number of para-hydroxylation sites is 1. The second-order valence-corrected chi connectivity index (χ2v) is 7.66. The van der Waals surface area contributed by atoms with Crippen LogP contribution in [0.5, 0.6) is 0 Å². The molecule has 0 spiro atoms. The van der Waals surface area contributed by atoms with Crippen molar-refractivity contribution in [1.82, 2.24) is 10.1 Å². The molecule has 2 heterocycles. The van der Waals surface area contributed by atoms with Crippen LogP contribution in [0.3, 0.4) is 0 Å². The Labute approximate surface area is 143 Å². The summed E-state index contributed by atoms with van der Waals surface area (Å²) in [5.41, 5.74) is 2.10. The van der Waals surface area contributed by atoms with Gasteiger partial charge >= 0.3 is 0 Å². The fourth-order valence-electron chi connectivity index (χ4n) is 2.76. The van der Waals surface area contributed by atoms with E-state index < -0.39 is 10.8 Å². The van der Waals surface area contributed by atoms with Gasteiger partial charge in [0.15, 0.2) is 5.82 Å². The van der Waals surface area contributed by atoms with Crippen LogP contribution in [-0.2, 0) is 27.8 Å². The first-order valence-corrected chi connectivity index (χ1v) is 9.59. The first-order chi connectivity index (χ1) is 11.5. The molecule has 0 fully saturated rings. The molecule has 0 saturated heterocycles. The molecule has 7 heteroatoms. The van der Waals surface area contributed by atoms with E-state index in [-0.39, 0.29) is 23.3 Å². The predicted octanol–water partition coefficient (Wildman–Crippen LogP) is 2.42. The number of benzene rings is 1. The van der Waals surface area contributed by atoms with Crippen molar-refractivity contribution >= 4 is 22.4 Å². The number of hydrogen-bond donors (Lipinski definition) is 0. The van der Waals surface area contributed by atoms with Gasteiger partial charge < -0.3 is 9.42 Å². The minimum absolute atomic E-state index is 0.0340. The molecule has 1 amide bonds. The van der Waals surface area contributed by atoms with E-state index in [0.29, 0.717) is 18.3 Å². The highest BCUT2D eigenvalue weighted by atomic mass is 32.2. The van der Waals surface area contributed by atoms with Crippen molar-refractivity contribution in [2.75, 3.05) is 17.2 Å². The maximum absolute atomic E-state index is 12.5. The number of fused-ring (bicyclic) bond motifs is 1. The molecule has 6 nitrogen and oxygen atoms in total. The molecule has 0 aliphatic carbocycles. The zero-order valence-corrected chi connectivity index (χ0v) is 14.7. The van der Waals surface area contributed by atoms with Crippen molar-refractivity contribution in [1.29, 1.82) is 0 Å². The number of amides is 1. The highest BCUT2D eigenvalue weighted by molar-refractivity contribution is 7.84. The summed E-state index contributed by atoms with van der Waals surface area (Å²) in [6.45, 7) is 4.59. The summed E-state index contributed by atoms with van der Waals surface area (Å²) >= 11 is 0. The summed E-state index contributed by atoms with van der Waals surface area (Å²) < 4.78 is 17.4. The molecule has 1 aromatic carbocycles. The molecular formula is C17H21N3O3S. The number of aryl methyl sites for hydroxylation is 1. The van der Waals surface area contributed by atoms with Gasteiger partial charge in [-0.25, -0.2) is 0 Å². The van der Waals surface area contributed by atoms with E-state index in [2.05, 4.69) is 10.1 Å². The number of anilines is 1. The van der Waals surface area contributed by atoms with Crippen molar-refractivity contribution in [3.8, 4) is 0 Å². The highest BCUT2D eigenvalue weighted by Gasteiger charge is 2.24. The maximum Gasteiger partial charge on any atom is 0.239 e. The standard InChI is InChI=1S/C17H21N3O3S/c1-12(2)17-18-15(23-19-17)10-24(22)11-16(21)20-9-5-7-13-6-3-4-8-14(13)20/h3-4,6,8,12H,5,7,9-11H2,1-2H3/t24-/m1/s1. The van der Waals surface area contributed by atoms with Gasteiger partial charge in [0.25, 0.3) is 0 Å². The average Bonchev–Trinajstić information content (AvgIpc) is 3.02. The zero-order chi connectivity index (χ0) is 17.1. The average molecular weight is 347 g/mol. The van der Waals surface area contributed by atoms with Crippen molar-refractivity contribution in [2.45, 2.75) is 38.4 Å². The largest absolute Gasteiger partial charge is 0.338 e. The van der Waals surface area contributed by atoms with Gasteiger partial charge in [0, 0.05) is 28.9 Å². The Morgan fingerprint density at radius 1 is 1.38 bits per heavy atom. The normalized spacial score (nSPS) is 15.4. The third-order valence-corrected chi connectivity index (χ3v) is 5.12. The molecule has 1 aliphatic heterocycles. The summed E-state index contributed by atoms with van der Waals surface area (Å²) in [6.07, 6.45) is 1.90. The Balaban J connectivity index is 1.63. The van der Waals surface area contributed by atoms with Gasteiger partial charge in [-0.15, -0.1) is 0 Å². The molecule has 0 saturated carbocycles. The van der Waals surface area contributed by atoms with Crippen LogP contribution in [-0.4, -0.2) is 32.6 Å². The second-order valence-electron chi connectivity index (χ2n) is 6.21. The molecule has 0 unspecified atom stereocenters. The first-order valence-electron chi connectivity index (χ1n) is 8.10. The lowest BCUT2D eigenvalue weighted by Gasteiger charge is -2.29. The zero-order valence-electron chi connectivity index (χ0n) is 13.9. The number of nitrogens with zero attached hydrogens (tertiary/aromatic N) is 3. The minimum atomic E-state index is -1.37. The topological polar surface area (TPSA) is 76.3 Å². The van der Waals surface area contributed by atoms with Crippen LogP contribution in [0.1, 0.15) is 43.5 Å². The number of carbonyl (C=O) groups is 1. The van der Waals surface area contributed by atoms with Gasteiger partial charge in [-0.05, 0) is 24.5 Å². The van der Waals surface area contributed by atoms with Crippen LogP contribution >= 0.6 is 0 Å². The smallest absolute Gasteiger partial charge is 0.239 e. The highest BCUT2D eigenvalue weighted by Crippen LogP contribution is 2.26. The molecule has 1 aliphatic rings. The fourth-order valence-corrected chi connectivity index (χ4v) is 3.68. The number of rotatable bonds is 5. The number of hydrogen-bond acceptors (Lipinski definition) is 5. The quantitative estimate of drug-likeness (QED) is 0.830. The van der Waals surface area contributed by atoms with Gasteiger partial charge in [0.05, 0.1) is 0 Å². The molecule has 128 valence electrons. The van der Waals surface area contributed by atoms with Crippen molar-refractivity contribution in [2.24, 2.45) is 0 Å². The molecule has 0 radical (unpaired) electrons. The lowest BCUT2D eigenvalue weighted by atomic mass is 10.0. The SMILES string of the molecule is CC(C)c1noc(C[S@@](=O)CC(=O)N2CCCc3ccccc32)n1. The molecule has 0 N–H and O–H groups in total. The van der Waals surface area contributed by atoms with Gasteiger partial charge in [-0.2, -0.15) is 4.98 Å². The molecule has 1 atom stereocenters. The third kappa shape index (κ3) is 3.72. The van der Waals surface area contributed by atoms with Gasteiger partial charge in [0.2, 0.25) is 11.8 Å². The van der Waals surface area contributed by atoms with E-state index in [1.807, 2.05) is 38.1 Å². The van der Waals surface area contributed by atoms with Crippen LogP contribution < -0.4 is 4.90 Å². The maximum atomic E-state index is 12.5. The van der Waals surface area contributed by atoms with E-state index in [4.69, 9.17) is 4.52 Å². The lowest BCUT2D eigenvalue weighted by Crippen LogP contribution is -2.38. The monoisotopic (exact) mass is 347 g/mol. The van der Waals surface area contributed by atoms with E-state index in [1.54, 1.807) is 4.90 Å². The summed E-state index contributed by atoms with van der Waals surface area (Å²) in [6, 6.07) is 7.89. The fraction of sp³-hybridized carbons (Fsp3) is 0.471. The molecule has 0 bridgehead atoms. The summed E-state index contributed by atoms with van der Waals surface area (Å²) in [4.78, 5) is 18.5. The molecule has 3 rings (SSSR count). The van der Waals surface area contributed by atoms with Crippen molar-refractivity contribution < 1.29 is 13.5 Å². The van der Waals surface area contributed by atoms with E-state index >= 15 is 0 Å². The molecule has 2 aromatic rings. The summed E-state index contributed by atoms with van der Waals surface area (Å²) in [5, 5.41) is 3.85. The van der Waals surface area contributed by atoms with Crippen LogP contribution in [0.4, 0.5) is 5.69 Å². The third-order valence-electron chi connectivity index (χ3n) is 3.98. The van der Waals surface area contributed by atoms with Crippen molar-refractivity contribution in [3.05, 3.63) is 41.5 Å². The molecule has 24 heavy (non-hydrogen) atoms. The second kappa shape index (κ2) is 7.25. The van der Waals surface area contributed by atoms with Crippen LogP contribution in [0.15, 0.2) is 28.8 Å². The number of carbonyl (C=O) groups excluding carboxylic acids is 1. The summed E-state index contributed by atoms with van der Waals surface area (Å²) in [7, 11) is -1.37. The molecular weight excluding hydrogens is 326 g/mol. The lowest BCUT2D eigenvalue weighted by molar-refractivity contribution is -0.116. The Hall–Kier alpha value is -2.02. The van der Waals surface area contributed by atoms with E-state index in [9.17, 15) is 9.00 Å². The van der Waals surface area contributed by atoms with Gasteiger partial charge in [0.1, 0.15) is 11.5 Å². The minimum Gasteiger partial charge on any atom is -0.338 e. The van der Waals surface area contributed by atoms with Crippen LogP contribution in [0.25, 0.3) is 0 Å². The van der Waals surface area contributed by atoms with Crippen LogP contribution in [0.2, 0.25) is 0 Å². The Kier molecular flexibility index (Phi) is 5.08. The Morgan fingerprint density at radius 2 is 2.17 bits per heavy atom. The van der Waals surface area contributed by atoms with Crippen LogP contribution in [0, 0.1) is 0 Å². The van der Waals surface area contributed by atoms with Gasteiger partial charge in [-0.1, -0.05) is 37.2 Å². The van der Waals surface area contributed by atoms with Gasteiger partial charge in [-0.3, -0.25) is 9.00 Å².